The molecule has 3 aliphatic rings. The zero-order valence-corrected chi connectivity index (χ0v) is 20.6. The van der Waals surface area contributed by atoms with E-state index in [4.69, 9.17) is 21.1 Å². The number of halogens is 1. The lowest BCUT2D eigenvalue weighted by atomic mass is 9.62. The number of carbonyl (C=O) groups is 3. The van der Waals surface area contributed by atoms with E-state index < -0.39 is 11.5 Å². The Hall–Kier alpha value is -1.40. The summed E-state index contributed by atoms with van der Waals surface area (Å²) in [7, 11) is 0. The molecule has 0 radical (unpaired) electrons. The van der Waals surface area contributed by atoms with Crippen molar-refractivity contribution < 1.29 is 29.0 Å². The topological polar surface area (TPSA) is 89.9 Å². The summed E-state index contributed by atoms with van der Waals surface area (Å²) in [4.78, 5) is 37.5. The van der Waals surface area contributed by atoms with Gasteiger partial charge in [-0.05, 0) is 63.0 Å². The van der Waals surface area contributed by atoms with Crippen LogP contribution >= 0.6 is 11.6 Å². The fourth-order valence-electron chi connectivity index (χ4n) is 5.28. The number of hydrogen-bond donors (Lipinski definition) is 1. The largest absolute Gasteiger partial charge is 0.462 e. The Bertz CT molecular complexity index is 774. The first-order chi connectivity index (χ1) is 14.9. The quantitative estimate of drug-likeness (QED) is 0.464. The number of ketones is 1. The molecule has 1 N–H and O–H groups in total. The zero-order chi connectivity index (χ0) is 23.8. The van der Waals surface area contributed by atoms with Crippen LogP contribution in [0.5, 0.6) is 0 Å². The summed E-state index contributed by atoms with van der Waals surface area (Å²) in [6.07, 6.45) is 3.23. The molecule has 1 heterocycles. The number of aliphatic hydroxyl groups excluding tert-OH is 1. The molecule has 1 saturated heterocycles. The van der Waals surface area contributed by atoms with E-state index in [2.05, 4.69) is 0 Å². The molecule has 0 spiro atoms. The first-order valence-electron chi connectivity index (χ1n) is 11.9. The summed E-state index contributed by atoms with van der Waals surface area (Å²) in [6.45, 7) is 9.68. The van der Waals surface area contributed by atoms with Crippen molar-refractivity contribution in [3.63, 3.8) is 0 Å². The molecule has 1 aliphatic heterocycles. The standard InChI is InChI=1S/C25H37ClO6/c1-6-25(4,5)24(30)32-20-9-13(2)23(26)18-12-19(28)14(3)17(22(18)20)8-7-16-10-15(27)11-21(29)31-16/h12-17,20,22-23,27H,6-11H2,1-5H3/t13-,14-,15-,16-,17+,20+,22-,23+/m1/s1. The van der Waals surface area contributed by atoms with E-state index >= 15 is 0 Å². The molecule has 0 aromatic rings. The van der Waals surface area contributed by atoms with Gasteiger partial charge in [-0.3, -0.25) is 14.4 Å². The van der Waals surface area contributed by atoms with Crippen molar-refractivity contribution in [2.75, 3.05) is 0 Å². The Morgan fingerprint density at radius 2 is 1.94 bits per heavy atom. The molecule has 6 nitrogen and oxygen atoms in total. The molecule has 180 valence electrons. The number of fused-ring (bicyclic) bond motifs is 1. The molecule has 0 amide bonds. The van der Waals surface area contributed by atoms with Gasteiger partial charge in [-0.2, -0.15) is 0 Å². The molecule has 0 bridgehead atoms. The van der Waals surface area contributed by atoms with Crippen molar-refractivity contribution in [2.45, 2.75) is 96.8 Å². The third-order valence-corrected chi connectivity index (χ3v) is 8.50. The van der Waals surface area contributed by atoms with Gasteiger partial charge in [0, 0.05) is 18.3 Å². The summed E-state index contributed by atoms with van der Waals surface area (Å²) in [5.41, 5.74) is 0.287. The van der Waals surface area contributed by atoms with Gasteiger partial charge >= 0.3 is 11.9 Å². The lowest BCUT2D eigenvalue weighted by Gasteiger charge is -2.47. The smallest absolute Gasteiger partial charge is 0.311 e. The van der Waals surface area contributed by atoms with Crippen LogP contribution in [0.15, 0.2) is 11.6 Å². The molecule has 3 rings (SSSR count). The average Bonchev–Trinajstić information content (AvgIpc) is 2.71. The maximum atomic E-state index is 12.9. The first-order valence-corrected chi connectivity index (χ1v) is 12.4. The molecule has 0 aromatic heterocycles. The maximum Gasteiger partial charge on any atom is 0.311 e. The molecule has 0 unspecified atom stereocenters. The predicted molar refractivity (Wildman–Crippen MR) is 121 cm³/mol. The monoisotopic (exact) mass is 468 g/mol. The normalized spacial score (nSPS) is 37.9. The molecule has 2 aliphatic carbocycles. The molecule has 8 atom stereocenters. The van der Waals surface area contributed by atoms with E-state index in [1.165, 1.54) is 0 Å². The van der Waals surface area contributed by atoms with Crippen LogP contribution in [0.2, 0.25) is 0 Å². The van der Waals surface area contributed by atoms with E-state index in [0.717, 1.165) is 5.57 Å². The number of alkyl halides is 1. The zero-order valence-electron chi connectivity index (χ0n) is 19.8. The minimum Gasteiger partial charge on any atom is -0.462 e. The molecular formula is C25H37ClO6. The van der Waals surface area contributed by atoms with Crippen molar-refractivity contribution in [3.05, 3.63) is 11.6 Å². The van der Waals surface area contributed by atoms with Crippen molar-refractivity contribution in [1.82, 2.24) is 0 Å². The van der Waals surface area contributed by atoms with E-state index in [1.807, 2.05) is 34.6 Å². The lowest BCUT2D eigenvalue weighted by Crippen LogP contribution is -2.49. The highest BCUT2D eigenvalue weighted by atomic mass is 35.5. The van der Waals surface area contributed by atoms with Crippen LogP contribution in [-0.4, -0.2) is 46.5 Å². The average molecular weight is 469 g/mol. The number of aliphatic hydroxyl groups is 1. The molecule has 1 saturated carbocycles. The summed E-state index contributed by atoms with van der Waals surface area (Å²) in [5.74, 6) is -0.941. The Balaban J connectivity index is 1.84. The highest BCUT2D eigenvalue weighted by molar-refractivity contribution is 6.23. The second-order valence-corrected chi connectivity index (χ2v) is 11.1. The number of hydrogen-bond acceptors (Lipinski definition) is 6. The number of esters is 2. The van der Waals surface area contributed by atoms with Crippen molar-refractivity contribution in [1.29, 1.82) is 0 Å². The van der Waals surface area contributed by atoms with Crippen LogP contribution in [-0.2, 0) is 23.9 Å². The summed E-state index contributed by atoms with van der Waals surface area (Å²) >= 11 is 6.76. The number of cyclic esters (lactones) is 1. The lowest BCUT2D eigenvalue weighted by molar-refractivity contribution is -0.167. The number of rotatable bonds is 6. The highest BCUT2D eigenvalue weighted by Gasteiger charge is 2.49. The van der Waals surface area contributed by atoms with Gasteiger partial charge in [0.2, 0.25) is 0 Å². The minimum absolute atomic E-state index is 0.0292. The minimum atomic E-state index is -0.685. The molecule has 32 heavy (non-hydrogen) atoms. The highest BCUT2D eigenvalue weighted by Crippen LogP contribution is 2.49. The van der Waals surface area contributed by atoms with Gasteiger partial charge in [0.15, 0.2) is 5.78 Å². The van der Waals surface area contributed by atoms with Crippen LogP contribution < -0.4 is 0 Å². The number of allylic oxidation sites excluding steroid dienone is 1. The van der Waals surface area contributed by atoms with Crippen molar-refractivity contribution in [3.8, 4) is 0 Å². The number of ether oxygens (including phenoxy) is 2. The van der Waals surface area contributed by atoms with Gasteiger partial charge in [-0.1, -0.05) is 20.8 Å². The third kappa shape index (κ3) is 5.22. The SMILES string of the molecule is CCC(C)(C)C(=O)O[C@H]1C[C@@H](C)[C@H](Cl)C2=CC(=O)[C@H](C)[C@H](CC[C@@H]3C[C@@H](O)CC(=O)O3)[C@H]21. The van der Waals surface area contributed by atoms with E-state index in [0.29, 0.717) is 32.1 Å². The Labute approximate surface area is 196 Å². The molecular weight excluding hydrogens is 432 g/mol. The molecule has 0 aromatic carbocycles. The van der Waals surface area contributed by atoms with Gasteiger partial charge in [-0.15, -0.1) is 11.6 Å². The van der Waals surface area contributed by atoms with Gasteiger partial charge in [0.25, 0.3) is 0 Å². The fourth-order valence-corrected chi connectivity index (χ4v) is 5.60. The Morgan fingerprint density at radius 1 is 1.25 bits per heavy atom. The van der Waals surface area contributed by atoms with Crippen molar-refractivity contribution in [2.24, 2.45) is 29.1 Å². The first kappa shape index (κ1) is 25.2. The van der Waals surface area contributed by atoms with Crippen LogP contribution in [0.25, 0.3) is 0 Å². The molecule has 2 fully saturated rings. The van der Waals surface area contributed by atoms with Gasteiger partial charge < -0.3 is 14.6 Å². The summed E-state index contributed by atoms with van der Waals surface area (Å²) in [6, 6.07) is 0. The fraction of sp³-hybridized carbons (Fsp3) is 0.800. The molecule has 7 heteroatoms. The van der Waals surface area contributed by atoms with Crippen LogP contribution in [0.1, 0.15) is 73.1 Å². The summed E-state index contributed by atoms with van der Waals surface area (Å²) < 4.78 is 11.5. The van der Waals surface area contributed by atoms with Crippen LogP contribution in [0.3, 0.4) is 0 Å². The second-order valence-electron chi connectivity index (χ2n) is 10.6. The predicted octanol–water partition coefficient (Wildman–Crippen LogP) is 4.21. The van der Waals surface area contributed by atoms with E-state index in [9.17, 15) is 19.5 Å². The second kappa shape index (κ2) is 9.84. The number of carbonyl (C=O) groups excluding carboxylic acids is 3. The van der Waals surface area contributed by atoms with Gasteiger partial charge in [0.05, 0.1) is 23.3 Å². The van der Waals surface area contributed by atoms with E-state index in [1.54, 1.807) is 6.08 Å². The summed E-state index contributed by atoms with van der Waals surface area (Å²) in [5, 5.41) is 9.66. The Kier molecular flexibility index (Phi) is 7.76. The van der Waals surface area contributed by atoms with Gasteiger partial charge in [-0.25, -0.2) is 0 Å². The van der Waals surface area contributed by atoms with Crippen molar-refractivity contribution >= 4 is 29.3 Å². The van der Waals surface area contributed by atoms with Crippen LogP contribution in [0, 0.1) is 29.1 Å². The van der Waals surface area contributed by atoms with E-state index in [-0.39, 0.29) is 65.4 Å². The van der Waals surface area contributed by atoms with Crippen LogP contribution in [0.4, 0.5) is 0 Å². The maximum absolute atomic E-state index is 12.9. The third-order valence-electron chi connectivity index (χ3n) is 7.82. The van der Waals surface area contributed by atoms with Gasteiger partial charge in [0.1, 0.15) is 12.2 Å². The Morgan fingerprint density at radius 3 is 2.56 bits per heavy atom.